The van der Waals surface area contributed by atoms with Crippen LogP contribution in [0.5, 0.6) is 5.75 Å². The minimum Gasteiger partial charge on any atom is -0.488 e. The predicted molar refractivity (Wildman–Crippen MR) is 171 cm³/mol. The molecule has 4 aromatic carbocycles. The quantitative estimate of drug-likeness (QED) is 0.150. The van der Waals surface area contributed by atoms with Crippen molar-refractivity contribution in [2.24, 2.45) is 5.73 Å². The predicted octanol–water partition coefficient (Wildman–Crippen LogP) is 6.60. The Hall–Kier alpha value is -4.13. The van der Waals surface area contributed by atoms with Crippen molar-refractivity contribution in [1.82, 2.24) is 4.90 Å². The number of hydrogen-bond donors (Lipinski definition) is 2. The number of nitrogens with zero attached hydrogens (tertiary/aromatic N) is 2. The Balaban J connectivity index is 1.40. The zero-order chi connectivity index (χ0) is 29.7. The summed E-state index contributed by atoms with van der Waals surface area (Å²) in [5.41, 5.74) is 10.1. The number of aliphatic hydroxyl groups is 1. The molecule has 0 fully saturated rings. The van der Waals surface area contributed by atoms with E-state index in [-0.39, 0.29) is 11.6 Å². The number of anilines is 1. The zero-order valence-electron chi connectivity index (χ0n) is 24.7. The van der Waals surface area contributed by atoms with E-state index in [1.807, 2.05) is 60.7 Å². The van der Waals surface area contributed by atoms with E-state index < -0.39 is 12.0 Å². The van der Waals surface area contributed by atoms with Gasteiger partial charge in [0.05, 0.1) is 11.7 Å². The molecule has 0 saturated heterocycles. The van der Waals surface area contributed by atoms with Gasteiger partial charge in [-0.15, -0.1) is 0 Å². The summed E-state index contributed by atoms with van der Waals surface area (Å²) in [7, 11) is 2.13. The van der Waals surface area contributed by atoms with Crippen LogP contribution in [0.2, 0.25) is 0 Å². The van der Waals surface area contributed by atoms with Crippen LogP contribution in [-0.4, -0.2) is 42.1 Å². The molecule has 0 bridgehead atoms. The topological polar surface area (TPSA) is 79.0 Å². The molecular formula is C36H43N3O3. The number of unbranched alkanes of at least 4 members (excludes halogenated alkanes) is 1. The summed E-state index contributed by atoms with van der Waals surface area (Å²) in [4.78, 5) is 16.9. The van der Waals surface area contributed by atoms with Gasteiger partial charge in [-0.05, 0) is 60.7 Å². The maximum atomic E-state index is 12.3. The van der Waals surface area contributed by atoms with Crippen molar-refractivity contribution in [2.45, 2.75) is 51.5 Å². The summed E-state index contributed by atoms with van der Waals surface area (Å²) < 4.78 is 5.92. The van der Waals surface area contributed by atoms with Crippen molar-refractivity contribution in [2.75, 3.05) is 25.0 Å². The molecule has 1 amide bonds. The lowest BCUT2D eigenvalue weighted by molar-refractivity contribution is 0.0824. The Morgan fingerprint density at radius 1 is 0.857 bits per heavy atom. The first-order valence-corrected chi connectivity index (χ1v) is 14.7. The molecule has 3 N–H and O–H groups in total. The van der Waals surface area contributed by atoms with Gasteiger partial charge in [0.2, 0.25) is 0 Å². The van der Waals surface area contributed by atoms with Gasteiger partial charge >= 0.3 is 0 Å². The zero-order valence-corrected chi connectivity index (χ0v) is 24.7. The molecule has 0 radical (unpaired) electrons. The first-order chi connectivity index (χ1) is 20.4. The minimum absolute atomic E-state index is 0.256. The molecule has 6 nitrogen and oxygen atoms in total. The number of ether oxygens (including phenoxy) is 1. The van der Waals surface area contributed by atoms with Gasteiger partial charge in [0, 0.05) is 38.4 Å². The SMILES string of the molecule is CC(CCCCN(C)c1ccccc1)N(Cc1ccccc1)CC(O)c1ccc(OCc2ccccc2)c(C(N)=O)c1. The number of aliphatic hydroxyl groups excluding tert-OH is 1. The highest BCUT2D eigenvalue weighted by atomic mass is 16.5. The van der Waals surface area contributed by atoms with Crippen LogP contribution in [-0.2, 0) is 13.2 Å². The van der Waals surface area contributed by atoms with Gasteiger partial charge in [-0.3, -0.25) is 9.69 Å². The van der Waals surface area contributed by atoms with Crippen LogP contribution in [0.1, 0.15) is 59.3 Å². The summed E-state index contributed by atoms with van der Waals surface area (Å²) in [5, 5.41) is 11.4. The summed E-state index contributed by atoms with van der Waals surface area (Å²) in [5.74, 6) is -0.167. The van der Waals surface area contributed by atoms with Crippen LogP contribution in [0.15, 0.2) is 109 Å². The van der Waals surface area contributed by atoms with E-state index >= 15 is 0 Å². The standard InChI is InChI=1S/C36H43N3O3/c1-28(14-12-13-23-38(2)32-19-10-5-11-20-32)39(25-29-15-6-3-7-16-29)26-34(40)31-21-22-35(33(24-31)36(37)41)42-27-30-17-8-4-9-18-30/h3-11,15-22,24,28,34,40H,12-14,23,25-27H2,1-2H3,(H2,37,41). The van der Waals surface area contributed by atoms with Crippen LogP contribution >= 0.6 is 0 Å². The van der Waals surface area contributed by atoms with E-state index in [0.29, 0.717) is 24.5 Å². The average Bonchev–Trinajstić information content (AvgIpc) is 3.02. The van der Waals surface area contributed by atoms with Crippen LogP contribution in [0, 0.1) is 0 Å². The molecule has 0 aliphatic rings. The number of para-hydroxylation sites is 1. The van der Waals surface area contributed by atoms with Crippen molar-refractivity contribution < 1.29 is 14.6 Å². The second-order valence-electron chi connectivity index (χ2n) is 10.9. The Bertz CT molecular complexity index is 1370. The number of carbonyl (C=O) groups is 1. The minimum atomic E-state index is -0.790. The highest BCUT2D eigenvalue weighted by molar-refractivity contribution is 5.95. The normalized spacial score (nSPS) is 12.6. The Labute approximate surface area is 250 Å². The highest BCUT2D eigenvalue weighted by Gasteiger charge is 2.21. The molecule has 6 heteroatoms. The van der Waals surface area contributed by atoms with Crippen molar-refractivity contribution in [1.29, 1.82) is 0 Å². The summed E-state index contributed by atoms with van der Waals surface area (Å²) in [6.07, 6.45) is 2.39. The fourth-order valence-electron chi connectivity index (χ4n) is 5.14. The van der Waals surface area contributed by atoms with E-state index in [4.69, 9.17) is 10.5 Å². The van der Waals surface area contributed by atoms with Crippen LogP contribution in [0.4, 0.5) is 5.69 Å². The first-order valence-electron chi connectivity index (χ1n) is 14.7. The Morgan fingerprint density at radius 2 is 1.48 bits per heavy atom. The van der Waals surface area contributed by atoms with Crippen molar-refractivity contribution in [3.63, 3.8) is 0 Å². The first kappa shape index (κ1) is 30.8. The van der Waals surface area contributed by atoms with Gasteiger partial charge < -0.3 is 20.5 Å². The summed E-state index contributed by atoms with van der Waals surface area (Å²) in [6.45, 7) is 4.71. The molecule has 4 rings (SSSR count). The molecule has 0 saturated carbocycles. The van der Waals surface area contributed by atoms with E-state index in [2.05, 4.69) is 60.2 Å². The number of amides is 1. The van der Waals surface area contributed by atoms with E-state index in [9.17, 15) is 9.90 Å². The Morgan fingerprint density at radius 3 is 2.12 bits per heavy atom. The molecule has 220 valence electrons. The van der Waals surface area contributed by atoms with Crippen LogP contribution in [0.25, 0.3) is 0 Å². The van der Waals surface area contributed by atoms with E-state index in [1.165, 1.54) is 11.3 Å². The van der Waals surface area contributed by atoms with Crippen molar-refractivity contribution in [3.8, 4) is 5.75 Å². The number of rotatable bonds is 16. The molecule has 4 aromatic rings. The largest absolute Gasteiger partial charge is 0.488 e. The smallest absolute Gasteiger partial charge is 0.252 e. The van der Waals surface area contributed by atoms with Gasteiger partial charge in [0.25, 0.3) is 5.91 Å². The van der Waals surface area contributed by atoms with Gasteiger partial charge in [0.15, 0.2) is 0 Å². The van der Waals surface area contributed by atoms with E-state index in [0.717, 1.165) is 37.9 Å². The second-order valence-corrected chi connectivity index (χ2v) is 10.9. The monoisotopic (exact) mass is 565 g/mol. The van der Waals surface area contributed by atoms with Crippen molar-refractivity contribution in [3.05, 3.63) is 131 Å². The fourth-order valence-corrected chi connectivity index (χ4v) is 5.14. The summed E-state index contributed by atoms with van der Waals surface area (Å²) >= 11 is 0. The maximum absolute atomic E-state index is 12.3. The second kappa shape index (κ2) is 15.8. The third-order valence-electron chi connectivity index (χ3n) is 7.71. The van der Waals surface area contributed by atoms with Gasteiger partial charge in [-0.2, -0.15) is 0 Å². The molecule has 2 atom stereocenters. The fraction of sp³-hybridized carbons (Fsp3) is 0.306. The third kappa shape index (κ3) is 9.20. The molecular weight excluding hydrogens is 522 g/mol. The maximum Gasteiger partial charge on any atom is 0.252 e. The van der Waals surface area contributed by atoms with Gasteiger partial charge in [-0.25, -0.2) is 0 Å². The lowest BCUT2D eigenvalue weighted by Gasteiger charge is -2.32. The lowest BCUT2D eigenvalue weighted by atomic mass is 10.0. The number of hydrogen-bond acceptors (Lipinski definition) is 5. The summed E-state index contributed by atoms with van der Waals surface area (Å²) in [6, 6.07) is 36.0. The third-order valence-corrected chi connectivity index (χ3v) is 7.71. The average molecular weight is 566 g/mol. The molecule has 2 unspecified atom stereocenters. The van der Waals surface area contributed by atoms with Gasteiger partial charge in [-0.1, -0.05) is 91.3 Å². The molecule has 42 heavy (non-hydrogen) atoms. The Kier molecular flexibility index (Phi) is 11.6. The lowest BCUT2D eigenvalue weighted by Crippen LogP contribution is -2.36. The molecule has 0 heterocycles. The number of primary amides is 1. The van der Waals surface area contributed by atoms with Crippen molar-refractivity contribution >= 4 is 11.6 Å². The van der Waals surface area contributed by atoms with Crippen LogP contribution in [0.3, 0.4) is 0 Å². The van der Waals surface area contributed by atoms with Crippen LogP contribution < -0.4 is 15.4 Å². The number of benzene rings is 4. The molecule has 0 spiro atoms. The number of carbonyl (C=O) groups excluding carboxylic acids is 1. The molecule has 0 aliphatic heterocycles. The highest BCUT2D eigenvalue weighted by Crippen LogP contribution is 2.26. The van der Waals surface area contributed by atoms with E-state index in [1.54, 1.807) is 12.1 Å². The van der Waals surface area contributed by atoms with Gasteiger partial charge in [0.1, 0.15) is 12.4 Å². The number of nitrogens with two attached hydrogens (primary N) is 1. The molecule has 0 aromatic heterocycles. The molecule has 0 aliphatic carbocycles.